The van der Waals surface area contributed by atoms with Crippen LogP contribution >= 0.6 is 0 Å². The fourth-order valence-electron chi connectivity index (χ4n) is 2.30. The van der Waals surface area contributed by atoms with Gasteiger partial charge in [0.15, 0.2) is 0 Å². The van der Waals surface area contributed by atoms with Crippen molar-refractivity contribution in [2.24, 2.45) is 0 Å². The van der Waals surface area contributed by atoms with Crippen LogP contribution in [0.3, 0.4) is 0 Å². The molecule has 0 saturated carbocycles. The van der Waals surface area contributed by atoms with Crippen molar-refractivity contribution in [2.45, 2.75) is 33.2 Å². The van der Waals surface area contributed by atoms with Gasteiger partial charge in [-0.15, -0.1) is 0 Å². The Labute approximate surface area is 96.5 Å². The summed E-state index contributed by atoms with van der Waals surface area (Å²) in [6.45, 7) is 7.53. The molecule has 1 atom stereocenters. The van der Waals surface area contributed by atoms with Crippen LogP contribution < -0.4 is 0 Å². The number of aliphatic hydroxyl groups excluding tert-OH is 1. The maximum atomic E-state index is 9.31. The minimum Gasteiger partial charge on any atom is -0.396 e. The lowest BCUT2D eigenvalue weighted by Crippen LogP contribution is -1.98. The highest BCUT2D eigenvalue weighted by atomic mass is 16.3. The van der Waals surface area contributed by atoms with Gasteiger partial charge in [-0.2, -0.15) is 0 Å². The number of aromatic nitrogens is 1. The van der Waals surface area contributed by atoms with Crippen molar-refractivity contribution in [1.82, 2.24) is 4.57 Å². The molecule has 2 nitrogen and oxygen atoms in total. The Kier molecular flexibility index (Phi) is 3.01. The normalized spacial score (nSPS) is 13.2. The molecule has 0 aliphatic carbocycles. The summed E-state index contributed by atoms with van der Waals surface area (Å²) in [5.74, 6) is 0.205. The fraction of sp³-hybridized carbons (Fsp3) is 0.429. The Morgan fingerprint density at radius 1 is 1.38 bits per heavy atom. The summed E-state index contributed by atoms with van der Waals surface area (Å²) < 4.78 is 2.25. The van der Waals surface area contributed by atoms with Gasteiger partial charge in [-0.3, -0.25) is 0 Å². The van der Waals surface area contributed by atoms with Crippen molar-refractivity contribution < 1.29 is 5.11 Å². The van der Waals surface area contributed by atoms with E-state index in [0.717, 1.165) is 6.54 Å². The lowest BCUT2D eigenvalue weighted by molar-refractivity contribution is 0.273. The molecule has 86 valence electrons. The van der Waals surface area contributed by atoms with Crippen LogP contribution in [0.25, 0.3) is 10.9 Å². The molecule has 1 aromatic heterocycles. The van der Waals surface area contributed by atoms with Crippen molar-refractivity contribution in [1.29, 1.82) is 0 Å². The monoisotopic (exact) mass is 217 g/mol. The Balaban J connectivity index is 2.74. The molecule has 16 heavy (non-hydrogen) atoms. The zero-order valence-corrected chi connectivity index (χ0v) is 10.2. The molecular formula is C14H19NO. The van der Waals surface area contributed by atoms with Crippen LogP contribution in [0.5, 0.6) is 0 Å². The molecule has 0 spiro atoms. The van der Waals surface area contributed by atoms with Gasteiger partial charge in [0.25, 0.3) is 0 Å². The van der Waals surface area contributed by atoms with Gasteiger partial charge in [-0.05, 0) is 31.0 Å². The first kappa shape index (κ1) is 11.2. The number of fused-ring (bicyclic) bond motifs is 1. The van der Waals surface area contributed by atoms with Gasteiger partial charge in [0.2, 0.25) is 0 Å². The number of aryl methyl sites for hydroxylation is 2. The molecule has 2 heteroatoms. The molecule has 1 heterocycles. The molecule has 0 aliphatic heterocycles. The molecule has 1 aromatic carbocycles. The summed E-state index contributed by atoms with van der Waals surface area (Å²) in [5.41, 5.74) is 3.83. The summed E-state index contributed by atoms with van der Waals surface area (Å²) in [6, 6.07) is 6.38. The van der Waals surface area contributed by atoms with E-state index in [2.05, 4.69) is 49.7 Å². The van der Waals surface area contributed by atoms with Crippen LogP contribution in [0, 0.1) is 6.92 Å². The quantitative estimate of drug-likeness (QED) is 0.839. The number of benzene rings is 1. The summed E-state index contributed by atoms with van der Waals surface area (Å²) in [6.07, 6.45) is 2.18. The number of hydrogen-bond donors (Lipinski definition) is 1. The van der Waals surface area contributed by atoms with E-state index < -0.39 is 0 Å². The third kappa shape index (κ3) is 1.63. The van der Waals surface area contributed by atoms with E-state index in [0.29, 0.717) is 0 Å². The smallest absolute Gasteiger partial charge is 0.0497 e. The first-order chi connectivity index (χ1) is 7.69. The van der Waals surface area contributed by atoms with Gasteiger partial charge in [0, 0.05) is 36.2 Å². The van der Waals surface area contributed by atoms with Gasteiger partial charge >= 0.3 is 0 Å². The molecular weight excluding hydrogens is 198 g/mol. The molecule has 1 unspecified atom stereocenters. The molecule has 0 aliphatic rings. The number of rotatable bonds is 3. The van der Waals surface area contributed by atoms with Crippen LogP contribution in [-0.4, -0.2) is 16.3 Å². The van der Waals surface area contributed by atoms with E-state index in [4.69, 9.17) is 0 Å². The average Bonchev–Trinajstić information content (AvgIpc) is 2.68. The van der Waals surface area contributed by atoms with Crippen molar-refractivity contribution in [2.75, 3.05) is 6.61 Å². The minimum atomic E-state index is 0.205. The van der Waals surface area contributed by atoms with Crippen LogP contribution in [0.2, 0.25) is 0 Å². The highest BCUT2D eigenvalue weighted by Gasteiger charge is 2.14. The first-order valence-electron chi connectivity index (χ1n) is 5.88. The zero-order chi connectivity index (χ0) is 11.7. The second-order valence-corrected chi connectivity index (χ2v) is 4.42. The molecule has 2 rings (SSSR count). The summed E-state index contributed by atoms with van der Waals surface area (Å²) in [4.78, 5) is 0. The van der Waals surface area contributed by atoms with Crippen molar-refractivity contribution in [3.63, 3.8) is 0 Å². The van der Waals surface area contributed by atoms with E-state index in [9.17, 15) is 5.11 Å². The van der Waals surface area contributed by atoms with Crippen molar-refractivity contribution >= 4 is 10.9 Å². The molecule has 2 aromatic rings. The van der Waals surface area contributed by atoms with Gasteiger partial charge in [-0.1, -0.05) is 19.1 Å². The lowest BCUT2D eigenvalue weighted by Gasteiger charge is -2.07. The van der Waals surface area contributed by atoms with E-state index in [1.165, 1.54) is 22.0 Å². The zero-order valence-electron chi connectivity index (χ0n) is 10.2. The standard InChI is InChI=1S/C14H19NO/c1-4-15-8-12(11(3)9-16)14-10(2)6-5-7-13(14)15/h5-8,11,16H,4,9H2,1-3H3. The second-order valence-electron chi connectivity index (χ2n) is 4.42. The third-order valence-corrected chi connectivity index (χ3v) is 3.29. The maximum Gasteiger partial charge on any atom is 0.0497 e. The van der Waals surface area contributed by atoms with Crippen LogP contribution in [0.1, 0.15) is 30.9 Å². The molecule has 0 radical (unpaired) electrons. The average molecular weight is 217 g/mol. The summed E-state index contributed by atoms with van der Waals surface area (Å²) in [5, 5.41) is 10.6. The molecule has 0 saturated heterocycles. The summed E-state index contributed by atoms with van der Waals surface area (Å²) in [7, 11) is 0. The molecule has 1 N–H and O–H groups in total. The van der Waals surface area contributed by atoms with Gasteiger partial charge in [-0.25, -0.2) is 0 Å². The van der Waals surface area contributed by atoms with Crippen LogP contribution in [0.4, 0.5) is 0 Å². The van der Waals surface area contributed by atoms with Crippen LogP contribution in [0.15, 0.2) is 24.4 Å². The van der Waals surface area contributed by atoms with Crippen molar-refractivity contribution in [3.8, 4) is 0 Å². The van der Waals surface area contributed by atoms with E-state index in [-0.39, 0.29) is 12.5 Å². The fourth-order valence-corrected chi connectivity index (χ4v) is 2.30. The third-order valence-electron chi connectivity index (χ3n) is 3.29. The largest absolute Gasteiger partial charge is 0.396 e. The van der Waals surface area contributed by atoms with Gasteiger partial charge in [0.05, 0.1) is 0 Å². The van der Waals surface area contributed by atoms with Crippen molar-refractivity contribution in [3.05, 3.63) is 35.5 Å². The van der Waals surface area contributed by atoms with E-state index in [1.807, 2.05) is 0 Å². The second kappa shape index (κ2) is 4.30. The topological polar surface area (TPSA) is 25.2 Å². The Morgan fingerprint density at radius 3 is 2.75 bits per heavy atom. The van der Waals surface area contributed by atoms with E-state index >= 15 is 0 Å². The predicted molar refractivity (Wildman–Crippen MR) is 67.8 cm³/mol. The highest BCUT2D eigenvalue weighted by Crippen LogP contribution is 2.30. The van der Waals surface area contributed by atoms with E-state index in [1.54, 1.807) is 0 Å². The maximum absolute atomic E-state index is 9.31. The molecule has 0 bridgehead atoms. The highest BCUT2D eigenvalue weighted by molar-refractivity contribution is 5.87. The van der Waals surface area contributed by atoms with Gasteiger partial charge in [0.1, 0.15) is 0 Å². The minimum absolute atomic E-state index is 0.205. The SMILES string of the molecule is CCn1cc(C(C)CO)c2c(C)cccc21. The Morgan fingerprint density at radius 2 is 2.12 bits per heavy atom. The Bertz CT molecular complexity index is 499. The number of aliphatic hydroxyl groups is 1. The first-order valence-corrected chi connectivity index (χ1v) is 5.88. The van der Waals surface area contributed by atoms with Gasteiger partial charge < -0.3 is 9.67 Å². The summed E-state index contributed by atoms with van der Waals surface area (Å²) >= 11 is 0. The molecule has 0 fully saturated rings. The lowest BCUT2D eigenvalue weighted by atomic mass is 9.99. The van der Waals surface area contributed by atoms with Crippen LogP contribution in [-0.2, 0) is 6.54 Å². The predicted octanol–water partition coefficient (Wildman–Crippen LogP) is 3.07. The number of nitrogens with zero attached hydrogens (tertiary/aromatic N) is 1. The Hall–Kier alpha value is -1.28. The molecule has 0 amide bonds. The number of hydrogen-bond acceptors (Lipinski definition) is 1.